The molecule has 54 heavy (non-hydrogen) atoms. The van der Waals surface area contributed by atoms with Crippen LogP contribution < -0.4 is 15.5 Å². The van der Waals surface area contributed by atoms with Gasteiger partial charge in [-0.25, -0.2) is 4.98 Å². The number of nitrogens with zero attached hydrogens (tertiary/aromatic N) is 7. The number of fused-ring (bicyclic) bond motifs is 2. The summed E-state index contributed by atoms with van der Waals surface area (Å²) in [5.41, 5.74) is 11.4. The maximum absolute atomic E-state index is 13.4. The second-order valence-corrected chi connectivity index (χ2v) is 15.7. The van der Waals surface area contributed by atoms with E-state index in [1.54, 1.807) is 6.07 Å². The third-order valence-electron chi connectivity index (χ3n) is 12.5. The molecule has 1 atom stereocenters. The van der Waals surface area contributed by atoms with Gasteiger partial charge in [0.05, 0.1) is 29.1 Å². The summed E-state index contributed by atoms with van der Waals surface area (Å²) >= 11 is 0. The normalized spacial score (nSPS) is 22.5. The number of carbonyl (C=O) groups excluding carboxylic acids is 4. The van der Waals surface area contributed by atoms with E-state index >= 15 is 0 Å². The van der Waals surface area contributed by atoms with E-state index in [2.05, 4.69) is 35.9 Å². The van der Waals surface area contributed by atoms with E-state index in [-0.39, 0.29) is 30.8 Å². The first-order chi connectivity index (χ1) is 26.3. The first kappa shape index (κ1) is 34.6. The number of Topliss-reactive ketones (excluding diaryl/α,β-unsaturated/α-hetero) is 2. The molecule has 0 spiro atoms. The first-order valence-corrected chi connectivity index (χ1v) is 19.5. The molecule has 3 N–H and O–H groups in total. The number of anilines is 3. The van der Waals surface area contributed by atoms with Gasteiger partial charge in [-0.2, -0.15) is 5.10 Å². The lowest BCUT2D eigenvalue weighted by molar-refractivity contribution is -0.132. The van der Waals surface area contributed by atoms with Gasteiger partial charge in [0.1, 0.15) is 17.3 Å². The second-order valence-electron chi connectivity index (χ2n) is 15.7. The van der Waals surface area contributed by atoms with Crippen LogP contribution in [0.2, 0.25) is 0 Å². The van der Waals surface area contributed by atoms with Gasteiger partial charge in [0.25, 0.3) is 11.8 Å². The zero-order valence-corrected chi connectivity index (χ0v) is 30.6. The van der Waals surface area contributed by atoms with Gasteiger partial charge >= 0.3 is 0 Å². The number of H-pyrrole nitrogens is 1. The number of rotatable bonds is 7. The number of piperazine rings is 1. The lowest BCUT2D eigenvalue weighted by Crippen LogP contribution is -2.51. The van der Waals surface area contributed by atoms with Crippen LogP contribution in [0.5, 0.6) is 0 Å². The summed E-state index contributed by atoms with van der Waals surface area (Å²) in [6.07, 6.45) is 6.68. The van der Waals surface area contributed by atoms with Crippen LogP contribution in [0.3, 0.4) is 0 Å². The lowest BCUT2D eigenvalue weighted by Gasteiger charge is -2.43. The van der Waals surface area contributed by atoms with Crippen molar-refractivity contribution in [2.75, 3.05) is 74.4 Å². The highest BCUT2D eigenvalue weighted by atomic mass is 16.2. The van der Waals surface area contributed by atoms with E-state index in [1.807, 2.05) is 42.6 Å². The van der Waals surface area contributed by atoms with Crippen molar-refractivity contribution in [1.29, 1.82) is 0 Å². The number of carbonyl (C=O) groups is 4. The lowest BCUT2D eigenvalue weighted by atomic mass is 9.92. The van der Waals surface area contributed by atoms with Gasteiger partial charge in [-0.1, -0.05) is 0 Å². The Morgan fingerprint density at radius 2 is 1.54 bits per heavy atom. The molecule has 0 bridgehead atoms. The Labute approximate surface area is 314 Å². The van der Waals surface area contributed by atoms with Gasteiger partial charge in [0.15, 0.2) is 5.78 Å². The van der Waals surface area contributed by atoms with E-state index in [0.717, 1.165) is 116 Å². The van der Waals surface area contributed by atoms with Crippen LogP contribution in [-0.2, 0) is 9.59 Å². The van der Waals surface area contributed by atoms with E-state index in [0.29, 0.717) is 23.1 Å². The fourth-order valence-corrected chi connectivity index (χ4v) is 9.36. The highest BCUT2D eigenvalue weighted by Gasteiger charge is 2.44. The third kappa shape index (κ3) is 6.53. The number of imide groups is 1. The topological polar surface area (TPSA) is 152 Å². The molecule has 6 heterocycles. The van der Waals surface area contributed by atoms with Gasteiger partial charge in [-0.05, 0) is 99.6 Å². The fraction of sp³-hybridized carbons (Fsp3) is 0.463. The molecule has 2 amide bonds. The summed E-state index contributed by atoms with van der Waals surface area (Å²) in [6, 6.07) is 15.2. The van der Waals surface area contributed by atoms with E-state index in [1.165, 1.54) is 12.8 Å². The number of aromatic amines is 1. The highest BCUT2D eigenvalue weighted by molar-refractivity contribution is 6.24. The highest BCUT2D eigenvalue weighted by Crippen LogP contribution is 2.34. The number of nitrogen functional groups attached to an aromatic ring is 1. The summed E-state index contributed by atoms with van der Waals surface area (Å²) in [6.45, 7) is 9.19. The number of amides is 2. The van der Waals surface area contributed by atoms with Crippen LogP contribution in [0.4, 0.5) is 17.2 Å². The van der Waals surface area contributed by atoms with Crippen LogP contribution in [-0.4, -0.2) is 124 Å². The monoisotopic (exact) mass is 729 g/mol. The van der Waals surface area contributed by atoms with Crippen LogP contribution in [0.15, 0.2) is 54.7 Å². The summed E-state index contributed by atoms with van der Waals surface area (Å²) < 4.78 is 0. The van der Waals surface area contributed by atoms with Crippen molar-refractivity contribution in [3.63, 3.8) is 0 Å². The maximum atomic E-state index is 13.4. The van der Waals surface area contributed by atoms with Crippen molar-refractivity contribution >= 4 is 51.5 Å². The molecule has 13 nitrogen and oxygen atoms in total. The molecule has 1 unspecified atom stereocenters. The molecule has 1 aliphatic carbocycles. The van der Waals surface area contributed by atoms with Crippen molar-refractivity contribution in [2.24, 2.45) is 5.92 Å². The number of aromatic nitrogens is 3. The van der Waals surface area contributed by atoms with E-state index < -0.39 is 17.9 Å². The van der Waals surface area contributed by atoms with Crippen molar-refractivity contribution in [3.05, 3.63) is 65.9 Å². The van der Waals surface area contributed by atoms with Crippen LogP contribution in [0.25, 0.3) is 22.2 Å². The number of hydrogen-bond acceptors (Lipinski definition) is 11. The molecule has 9 rings (SSSR count). The molecular formula is C41H47N9O4. The second kappa shape index (κ2) is 14.3. The predicted molar refractivity (Wildman–Crippen MR) is 207 cm³/mol. The Bertz CT molecular complexity index is 2110. The molecule has 13 heteroatoms. The number of hydrogen-bond donors (Lipinski definition) is 2. The van der Waals surface area contributed by atoms with E-state index in [4.69, 9.17) is 10.7 Å². The Morgan fingerprint density at radius 1 is 0.759 bits per heavy atom. The van der Waals surface area contributed by atoms with Gasteiger partial charge in [0, 0.05) is 86.8 Å². The number of benzene rings is 2. The van der Waals surface area contributed by atoms with Crippen LogP contribution in [0, 0.1) is 5.92 Å². The van der Waals surface area contributed by atoms with E-state index in [9.17, 15) is 19.2 Å². The molecule has 5 aliphatic rings. The Balaban J connectivity index is 0.734. The molecule has 4 fully saturated rings. The molecule has 2 aromatic carbocycles. The number of likely N-dealkylation sites (tertiary alicyclic amines) is 1. The number of nitrogens with two attached hydrogens (primary N) is 1. The minimum Gasteiger partial charge on any atom is -0.399 e. The Kier molecular flexibility index (Phi) is 9.14. The molecule has 1 saturated carbocycles. The van der Waals surface area contributed by atoms with Gasteiger partial charge in [0.2, 0.25) is 0 Å². The van der Waals surface area contributed by atoms with Crippen molar-refractivity contribution in [1.82, 2.24) is 29.9 Å². The first-order valence-electron chi connectivity index (χ1n) is 19.5. The molecule has 3 saturated heterocycles. The number of piperidine rings is 2. The van der Waals surface area contributed by atoms with Crippen molar-refractivity contribution < 1.29 is 19.2 Å². The molecule has 4 aromatic rings. The minimum atomic E-state index is -0.841. The summed E-state index contributed by atoms with van der Waals surface area (Å²) in [4.78, 5) is 66.6. The Morgan fingerprint density at radius 3 is 2.31 bits per heavy atom. The molecule has 2 aromatic heterocycles. The van der Waals surface area contributed by atoms with Gasteiger partial charge in [-0.3, -0.25) is 34.1 Å². The SMILES string of the molecule is Nc1ccc2[nH]nc(-c3ccnc(N4CCN(CC5CCN(C6CCN(c7ccc8c(c7)C(=O)N(C7CCC(=O)CC7=O)C8=O)CC6)CC5)CC4)c3)c2c1. The van der Waals surface area contributed by atoms with Crippen molar-refractivity contribution in [2.45, 2.75) is 57.0 Å². The average molecular weight is 730 g/mol. The third-order valence-corrected chi connectivity index (χ3v) is 12.5. The van der Waals surface area contributed by atoms with Crippen LogP contribution in [0.1, 0.15) is 65.7 Å². The number of nitrogens with one attached hydrogen (secondary N) is 1. The Hall–Kier alpha value is -5.14. The van der Waals surface area contributed by atoms with Gasteiger partial charge < -0.3 is 20.4 Å². The number of pyridine rings is 1. The summed E-state index contributed by atoms with van der Waals surface area (Å²) in [5.74, 6) is 0.392. The van der Waals surface area contributed by atoms with Crippen molar-refractivity contribution in [3.8, 4) is 11.3 Å². The zero-order chi connectivity index (χ0) is 36.9. The summed E-state index contributed by atoms with van der Waals surface area (Å²) in [7, 11) is 0. The molecule has 280 valence electrons. The maximum Gasteiger partial charge on any atom is 0.262 e. The quantitative estimate of drug-likeness (QED) is 0.161. The van der Waals surface area contributed by atoms with Gasteiger partial charge in [-0.15, -0.1) is 0 Å². The summed E-state index contributed by atoms with van der Waals surface area (Å²) in [5, 5.41) is 8.72. The predicted octanol–water partition coefficient (Wildman–Crippen LogP) is 4.00. The molecular weight excluding hydrogens is 683 g/mol. The standard InChI is InChI=1S/C41H47N9O4/c42-28-1-5-35-34(22-28)39(45-44-35)27-7-12-43-38(21-27)49-19-17-46(18-20-49)25-26-8-13-47(14-9-26)29-10-15-48(16-11-29)30-2-4-32-33(23-30)41(54)50(40(32)53)36-6-3-31(51)24-37(36)52/h1-2,4-5,7,12,21-23,26,29,36H,3,6,8-11,13-20,24-25,42H2,(H,44,45). The minimum absolute atomic E-state index is 0.127. The zero-order valence-electron chi connectivity index (χ0n) is 30.6. The smallest absolute Gasteiger partial charge is 0.262 e. The molecule has 0 radical (unpaired) electrons. The largest absolute Gasteiger partial charge is 0.399 e. The fourth-order valence-electron chi connectivity index (χ4n) is 9.36. The number of ketones is 2. The molecule has 4 aliphatic heterocycles. The van der Waals surface area contributed by atoms with Crippen LogP contribution >= 0.6 is 0 Å². The average Bonchev–Trinajstić information content (AvgIpc) is 3.72.